The highest BCUT2D eigenvalue weighted by atomic mass is 15.5. The minimum Gasteiger partial charge on any atom is -0.375 e. The van der Waals surface area contributed by atoms with Gasteiger partial charge in [-0.3, -0.25) is 0 Å². The van der Waals surface area contributed by atoms with Crippen LogP contribution < -0.4 is 9.91 Å². The molecule has 0 spiro atoms. The Hall–Kier alpha value is -3.07. The largest absolute Gasteiger partial charge is 0.375 e. The van der Waals surface area contributed by atoms with E-state index < -0.39 is 0 Å². The molecule has 0 aromatic heterocycles. The molecular weight excluding hydrogens is 306 g/mol. The van der Waals surface area contributed by atoms with Crippen molar-refractivity contribution in [3.8, 4) is 0 Å². The first kappa shape index (κ1) is 16.8. The molecule has 0 aliphatic heterocycles. The van der Waals surface area contributed by atoms with Crippen LogP contribution in [0.1, 0.15) is 12.5 Å². The van der Waals surface area contributed by atoms with E-state index in [4.69, 9.17) is 5.10 Å². The second kappa shape index (κ2) is 8.15. The van der Waals surface area contributed by atoms with Gasteiger partial charge in [0, 0.05) is 19.3 Å². The molecule has 0 radical (unpaired) electrons. The molecule has 3 heteroatoms. The summed E-state index contributed by atoms with van der Waals surface area (Å²) in [6, 6.07) is 28.8. The lowest BCUT2D eigenvalue weighted by molar-refractivity contribution is 0.968. The van der Waals surface area contributed by atoms with E-state index >= 15 is 0 Å². The van der Waals surface area contributed by atoms with Crippen LogP contribution in [-0.2, 0) is 0 Å². The molecule has 0 saturated heterocycles. The summed E-state index contributed by atoms with van der Waals surface area (Å²) in [5.41, 5.74) is 4.35. The number of rotatable bonds is 6. The number of anilines is 3. The number of hydrogen-bond donors (Lipinski definition) is 0. The third-order valence-corrected chi connectivity index (χ3v) is 4.13. The molecule has 25 heavy (non-hydrogen) atoms. The molecule has 0 heterocycles. The maximum Gasteiger partial charge on any atom is 0.0652 e. The molecular formula is C22H23N3. The Morgan fingerprint density at radius 3 is 1.72 bits per heavy atom. The first-order chi connectivity index (χ1) is 12.3. The lowest BCUT2D eigenvalue weighted by Crippen LogP contribution is -2.15. The van der Waals surface area contributed by atoms with Crippen LogP contribution in [-0.4, -0.2) is 19.8 Å². The highest BCUT2D eigenvalue weighted by Crippen LogP contribution is 2.25. The monoisotopic (exact) mass is 329 g/mol. The lowest BCUT2D eigenvalue weighted by atomic mass is 10.2. The van der Waals surface area contributed by atoms with Crippen molar-refractivity contribution >= 4 is 23.3 Å². The van der Waals surface area contributed by atoms with Gasteiger partial charge in [0.25, 0.3) is 0 Å². The smallest absolute Gasteiger partial charge is 0.0652 e. The Labute approximate surface area is 149 Å². The second-order valence-corrected chi connectivity index (χ2v) is 5.83. The van der Waals surface area contributed by atoms with Crippen molar-refractivity contribution in [2.24, 2.45) is 5.10 Å². The van der Waals surface area contributed by atoms with E-state index in [1.807, 2.05) is 47.6 Å². The maximum absolute atomic E-state index is 4.72. The highest BCUT2D eigenvalue weighted by Gasteiger charge is 2.06. The molecule has 0 amide bonds. The van der Waals surface area contributed by atoms with Gasteiger partial charge in [0.2, 0.25) is 0 Å². The fourth-order valence-electron chi connectivity index (χ4n) is 2.54. The van der Waals surface area contributed by atoms with E-state index in [0.29, 0.717) is 0 Å². The van der Waals surface area contributed by atoms with Gasteiger partial charge in [0.15, 0.2) is 0 Å². The van der Waals surface area contributed by atoms with Crippen molar-refractivity contribution in [1.29, 1.82) is 0 Å². The van der Waals surface area contributed by atoms with Gasteiger partial charge in [0.1, 0.15) is 0 Å². The van der Waals surface area contributed by atoms with E-state index in [0.717, 1.165) is 23.5 Å². The van der Waals surface area contributed by atoms with Crippen LogP contribution in [0.15, 0.2) is 90.0 Å². The first-order valence-corrected chi connectivity index (χ1v) is 8.53. The summed E-state index contributed by atoms with van der Waals surface area (Å²) in [5, 5.41) is 6.67. The zero-order chi connectivity index (χ0) is 17.5. The third-order valence-electron chi connectivity index (χ3n) is 4.13. The first-order valence-electron chi connectivity index (χ1n) is 8.53. The van der Waals surface area contributed by atoms with Gasteiger partial charge in [-0.15, -0.1) is 0 Å². The molecule has 0 saturated carbocycles. The Morgan fingerprint density at radius 1 is 0.720 bits per heavy atom. The van der Waals surface area contributed by atoms with Crippen LogP contribution in [0.25, 0.3) is 0 Å². The summed E-state index contributed by atoms with van der Waals surface area (Å²) in [5.74, 6) is 0. The second-order valence-electron chi connectivity index (χ2n) is 5.83. The molecule has 0 atom stereocenters. The molecule has 3 aromatic rings. The lowest BCUT2D eigenvalue weighted by Gasteiger charge is -2.19. The van der Waals surface area contributed by atoms with Crippen LogP contribution in [0.3, 0.4) is 0 Å². The maximum atomic E-state index is 4.72. The normalized spacial score (nSPS) is 10.8. The summed E-state index contributed by atoms with van der Waals surface area (Å²) < 4.78 is 0. The zero-order valence-electron chi connectivity index (χ0n) is 14.7. The Bertz CT molecular complexity index is 756. The molecule has 0 N–H and O–H groups in total. The summed E-state index contributed by atoms with van der Waals surface area (Å²) in [6.45, 7) is 3.14. The van der Waals surface area contributed by atoms with Crippen LogP contribution in [0.4, 0.5) is 17.1 Å². The van der Waals surface area contributed by atoms with Crippen molar-refractivity contribution < 1.29 is 0 Å². The molecule has 0 aliphatic rings. The van der Waals surface area contributed by atoms with Gasteiger partial charge >= 0.3 is 0 Å². The molecule has 0 aliphatic carbocycles. The average molecular weight is 329 g/mol. The highest BCUT2D eigenvalue weighted by molar-refractivity contribution is 5.82. The quantitative estimate of drug-likeness (QED) is 0.450. The van der Waals surface area contributed by atoms with Crippen molar-refractivity contribution in [2.45, 2.75) is 6.92 Å². The molecule has 126 valence electrons. The summed E-state index contributed by atoms with van der Waals surface area (Å²) in [4.78, 5) is 2.21. The standard InChI is InChI=1S/C22H23N3/c1-3-24(2)20-16-14-19(15-17-20)18-23-25(21-10-6-4-7-11-21)22-12-8-5-9-13-22/h4-18H,3H2,1-2H3/b23-18+. The van der Waals surface area contributed by atoms with Crippen molar-refractivity contribution in [2.75, 3.05) is 23.5 Å². The van der Waals surface area contributed by atoms with Gasteiger partial charge in [-0.25, -0.2) is 5.01 Å². The topological polar surface area (TPSA) is 18.8 Å². The number of para-hydroxylation sites is 2. The number of hydrogen-bond acceptors (Lipinski definition) is 3. The SMILES string of the molecule is CCN(C)c1ccc(/C=N/N(c2ccccc2)c2ccccc2)cc1. The predicted molar refractivity (Wildman–Crippen MR) is 108 cm³/mol. The molecule has 0 unspecified atom stereocenters. The minimum atomic E-state index is 0.989. The van der Waals surface area contributed by atoms with Gasteiger partial charge < -0.3 is 4.90 Å². The van der Waals surface area contributed by atoms with Crippen molar-refractivity contribution in [3.05, 3.63) is 90.5 Å². The van der Waals surface area contributed by atoms with E-state index in [9.17, 15) is 0 Å². The average Bonchev–Trinajstić information content (AvgIpc) is 2.70. The van der Waals surface area contributed by atoms with Gasteiger partial charge in [0.05, 0.1) is 17.6 Å². The Morgan fingerprint density at radius 2 is 1.24 bits per heavy atom. The van der Waals surface area contributed by atoms with Crippen LogP contribution in [0.5, 0.6) is 0 Å². The van der Waals surface area contributed by atoms with Crippen LogP contribution in [0.2, 0.25) is 0 Å². The van der Waals surface area contributed by atoms with E-state index in [-0.39, 0.29) is 0 Å². The van der Waals surface area contributed by atoms with Crippen LogP contribution >= 0.6 is 0 Å². The fraction of sp³-hybridized carbons (Fsp3) is 0.136. The van der Waals surface area contributed by atoms with E-state index in [1.165, 1.54) is 5.69 Å². The number of benzene rings is 3. The Balaban J connectivity index is 1.86. The minimum absolute atomic E-state index is 0.989. The van der Waals surface area contributed by atoms with Gasteiger partial charge in [-0.1, -0.05) is 48.5 Å². The summed E-state index contributed by atoms with van der Waals surface area (Å²) in [6.07, 6.45) is 1.90. The predicted octanol–water partition coefficient (Wildman–Crippen LogP) is 5.31. The van der Waals surface area contributed by atoms with Crippen LogP contribution in [0, 0.1) is 0 Å². The number of nitrogens with zero attached hydrogens (tertiary/aromatic N) is 3. The van der Waals surface area contributed by atoms with Crippen molar-refractivity contribution in [1.82, 2.24) is 0 Å². The zero-order valence-corrected chi connectivity index (χ0v) is 14.7. The van der Waals surface area contributed by atoms with E-state index in [1.54, 1.807) is 0 Å². The molecule has 3 rings (SSSR count). The number of hydrazone groups is 1. The molecule has 0 fully saturated rings. The van der Waals surface area contributed by atoms with Crippen molar-refractivity contribution in [3.63, 3.8) is 0 Å². The molecule has 0 bridgehead atoms. The van der Waals surface area contributed by atoms with Gasteiger partial charge in [-0.05, 0) is 48.9 Å². The fourth-order valence-corrected chi connectivity index (χ4v) is 2.54. The summed E-state index contributed by atoms with van der Waals surface area (Å²) in [7, 11) is 2.09. The van der Waals surface area contributed by atoms with E-state index in [2.05, 4.69) is 67.4 Å². The van der Waals surface area contributed by atoms with Gasteiger partial charge in [-0.2, -0.15) is 5.10 Å². The Kier molecular flexibility index (Phi) is 5.47. The molecule has 3 aromatic carbocycles. The third kappa shape index (κ3) is 4.27. The summed E-state index contributed by atoms with van der Waals surface area (Å²) >= 11 is 0. The molecule has 3 nitrogen and oxygen atoms in total.